The molecule has 0 radical (unpaired) electrons. The first kappa shape index (κ1) is 13.3. The van der Waals surface area contributed by atoms with Crippen LogP contribution in [0, 0.1) is 11.7 Å². The van der Waals surface area contributed by atoms with Crippen molar-refractivity contribution >= 4 is 5.69 Å². The molecule has 2 unspecified atom stereocenters. The Hall–Kier alpha value is -1.13. The highest BCUT2D eigenvalue weighted by molar-refractivity contribution is 5.46. The van der Waals surface area contributed by atoms with Crippen LogP contribution in [0.2, 0.25) is 0 Å². The van der Waals surface area contributed by atoms with Crippen molar-refractivity contribution in [2.45, 2.75) is 19.4 Å². The van der Waals surface area contributed by atoms with E-state index in [-0.39, 0.29) is 11.7 Å². The fourth-order valence-electron chi connectivity index (χ4n) is 2.30. The van der Waals surface area contributed by atoms with E-state index in [4.69, 9.17) is 4.74 Å². The molecular formula is C14H20FNO2. The van der Waals surface area contributed by atoms with Gasteiger partial charge >= 0.3 is 0 Å². The molecule has 1 saturated heterocycles. The normalized spacial score (nSPS) is 20.9. The van der Waals surface area contributed by atoms with E-state index < -0.39 is 6.10 Å². The molecule has 0 aromatic heterocycles. The Morgan fingerprint density at radius 2 is 2.17 bits per heavy atom. The van der Waals surface area contributed by atoms with Crippen molar-refractivity contribution in [1.29, 1.82) is 0 Å². The number of benzene rings is 1. The van der Waals surface area contributed by atoms with Gasteiger partial charge in [-0.25, -0.2) is 4.39 Å². The molecule has 1 aliphatic rings. The summed E-state index contributed by atoms with van der Waals surface area (Å²) >= 11 is 0. The lowest BCUT2D eigenvalue weighted by molar-refractivity contribution is 0.0963. The summed E-state index contributed by atoms with van der Waals surface area (Å²) in [5, 5.41) is 10.2. The fraction of sp³-hybridized carbons (Fsp3) is 0.571. The SMILES string of the molecule is CCN(CC(O)C1CCOC1)c1ccc(F)cc1. The quantitative estimate of drug-likeness (QED) is 0.871. The van der Waals surface area contributed by atoms with Crippen LogP contribution in [-0.2, 0) is 4.74 Å². The van der Waals surface area contributed by atoms with Crippen LogP contribution < -0.4 is 4.90 Å². The van der Waals surface area contributed by atoms with Gasteiger partial charge < -0.3 is 14.7 Å². The molecule has 1 heterocycles. The highest BCUT2D eigenvalue weighted by Crippen LogP contribution is 2.20. The maximum absolute atomic E-state index is 12.9. The van der Waals surface area contributed by atoms with Crippen LogP contribution >= 0.6 is 0 Å². The van der Waals surface area contributed by atoms with Gasteiger partial charge in [0, 0.05) is 31.3 Å². The topological polar surface area (TPSA) is 32.7 Å². The number of aliphatic hydroxyl groups excluding tert-OH is 1. The Bertz CT molecular complexity index is 363. The van der Waals surface area contributed by atoms with Gasteiger partial charge in [-0.3, -0.25) is 0 Å². The van der Waals surface area contributed by atoms with E-state index in [1.54, 1.807) is 12.1 Å². The van der Waals surface area contributed by atoms with Crippen molar-refractivity contribution in [1.82, 2.24) is 0 Å². The minimum absolute atomic E-state index is 0.222. The highest BCUT2D eigenvalue weighted by Gasteiger charge is 2.25. The summed E-state index contributed by atoms with van der Waals surface area (Å²) in [6.07, 6.45) is 0.528. The van der Waals surface area contributed by atoms with Crippen LogP contribution in [0.15, 0.2) is 24.3 Å². The monoisotopic (exact) mass is 253 g/mol. The van der Waals surface area contributed by atoms with Gasteiger partial charge in [-0.1, -0.05) is 0 Å². The van der Waals surface area contributed by atoms with Gasteiger partial charge in [-0.05, 0) is 37.6 Å². The zero-order chi connectivity index (χ0) is 13.0. The smallest absolute Gasteiger partial charge is 0.123 e. The molecule has 2 rings (SSSR count). The molecule has 1 N–H and O–H groups in total. The molecule has 100 valence electrons. The first-order valence-corrected chi connectivity index (χ1v) is 6.47. The number of halogens is 1. The van der Waals surface area contributed by atoms with Crippen molar-refractivity contribution in [3.8, 4) is 0 Å². The second-order valence-corrected chi connectivity index (χ2v) is 4.71. The van der Waals surface area contributed by atoms with Crippen LogP contribution in [0.4, 0.5) is 10.1 Å². The third kappa shape index (κ3) is 3.21. The van der Waals surface area contributed by atoms with Gasteiger partial charge in [0.1, 0.15) is 5.82 Å². The maximum Gasteiger partial charge on any atom is 0.123 e. The summed E-state index contributed by atoms with van der Waals surface area (Å²) < 4.78 is 18.2. The third-order valence-electron chi connectivity index (χ3n) is 3.49. The summed E-state index contributed by atoms with van der Waals surface area (Å²) in [6.45, 7) is 4.76. The van der Waals surface area contributed by atoms with Crippen LogP contribution in [0.3, 0.4) is 0 Å². The van der Waals surface area contributed by atoms with E-state index >= 15 is 0 Å². The average molecular weight is 253 g/mol. The molecular weight excluding hydrogens is 233 g/mol. The Labute approximate surface area is 107 Å². The number of hydrogen-bond donors (Lipinski definition) is 1. The van der Waals surface area contributed by atoms with E-state index in [1.807, 2.05) is 6.92 Å². The molecule has 0 saturated carbocycles. The largest absolute Gasteiger partial charge is 0.391 e. The lowest BCUT2D eigenvalue weighted by Gasteiger charge is -2.28. The van der Waals surface area contributed by atoms with E-state index in [0.29, 0.717) is 13.2 Å². The average Bonchev–Trinajstić information content (AvgIpc) is 2.91. The predicted octanol–water partition coefficient (Wildman–Crippen LogP) is 2.05. The van der Waals surface area contributed by atoms with Crippen LogP contribution in [-0.4, -0.2) is 37.5 Å². The lowest BCUT2D eigenvalue weighted by Crippen LogP contribution is -2.36. The minimum atomic E-state index is -0.391. The Kier molecular flexibility index (Phi) is 4.55. The van der Waals surface area contributed by atoms with Crippen LogP contribution in [0.1, 0.15) is 13.3 Å². The number of aliphatic hydroxyl groups is 1. The number of anilines is 1. The molecule has 4 heteroatoms. The maximum atomic E-state index is 12.9. The molecule has 0 aliphatic carbocycles. The molecule has 1 fully saturated rings. The summed E-state index contributed by atoms with van der Waals surface area (Å²) in [5.74, 6) is -0.0148. The molecule has 2 atom stereocenters. The van der Waals surface area contributed by atoms with Crippen molar-refractivity contribution in [3.63, 3.8) is 0 Å². The Morgan fingerprint density at radius 1 is 1.44 bits per heavy atom. The zero-order valence-corrected chi connectivity index (χ0v) is 10.7. The zero-order valence-electron chi connectivity index (χ0n) is 10.7. The van der Waals surface area contributed by atoms with Gasteiger partial charge in [-0.15, -0.1) is 0 Å². The fourth-order valence-corrected chi connectivity index (χ4v) is 2.30. The molecule has 1 aromatic rings. The highest BCUT2D eigenvalue weighted by atomic mass is 19.1. The van der Waals surface area contributed by atoms with Gasteiger partial charge in [0.15, 0.2) is 0 Å². The van der Waals surface area contributed by atoms with Gasteiger partial charge in [0.25, 0.3) is 0 Å². The van der Waals surface area contributed by atoms with Gasteiger partial charge in [-0.2, -0.15) is 0 Å². The summed E-state index contributed by atoms with van der Waals surface area (Å²) in [7, 11) is 0. The molecule has 1 aromatic carbocycles. The first-order valence-electron chi connectivity index (χ1n) is 6.47. The minimum Gasteiger partial charge on any atom is -0.391 e. The number of nitrogens with zero attached hydrogens (tertiary/aromatic N) is 1. The first-order chi connectivity index (χ1) is 8.70. The molecule has 18 heavy (non-hydrogen) atoms. The molecule has 0 spiro atoms. The van der Waals surface area contributed by atoms with Gasteiger partial charge in [0.2, 0.25) is 0 Å². The number of likely N-dealkylation sites (N-methyl/N-ethyl adjacent to an activating group) is 1. The van der Waals surface area contributed by atoms with Crippen LogP contribution in [0.5, 0.6) is 0 Å². The van der Waals surface area contributed by atoms with E-state index in [2.05, 4.69) is 4.90 Å². The van der Waals surface area contributed by atoms with Crippen molar-refractivity contribution in [2.24, 2.45) is 5.92 Å². The lowest BCUT2D eigenvalue weighted by atomic mass is 10.0. The summed E-state index contributed by atoms with van der Waals surface area (Å²) in [4.78, 5) is 2.06. The standard InChI is InChI=1S/C14H20FNO2/c1-2-16(13-5-3-12(15)4-6-13)9-14(17)11-7-8-18-10-11/h3-6,11,14,17H,2,7-10H2,1H3. The van der Waals surface area contributed by atoms with Crippen LogP contribution in [0.25, 0.3) is 0 Å². The van der Waals surface area contributed by atoms with E-state index in [9.17, 15) is 9.50 Å². The summed E-state index contributed by atoms with van der Waals surface area (Å²) in [6, 6.07) is 6.39. The van der Waals surface area contributed by atoms with Crippen molar-refractivity contribution in [3.05, 3.63) is 30.1 Å². The Morgan fingerprint density at radius 3 is 2.72 bits per heavy atom. The number of rotatable bonds is 5. The molecule has 0 amide bonds. The molecule has 0 bridgehead atoms. The van der Waals surface area contributed by atoms with Crippen molar-refractivity contribution in [2.75, 3.05) is 31.2 Å². The number of ether oxygens (including phenoxy) is 1. The van der Waals surface area contributed by atoms with E-state index in [0.717, 1.165) is 25.3 Å². The third-order valence-corrected chi connectivity index (χ3v) is 3.49. The molecule has 1 aliphatic heterocycles. The summed E-state index contributed by atoms with van der Waals surface area (Å²) in [5.41, 5.74) is 0.942. The van der Waals surface area contributed by atoms with Crippen molar-refractivity contribution < 1.29 is 14.2 Å². The predicted molar refractivity (Wildman–Crippen MR) is 69.2 cm³/mol. The Balaban J connectivity index is 1.97. The second kappa shape index (κ2) is 6.16. The van der Waals surface area contributed by atoms with Gasteiger partial charge in [0.05, 0.1) is 12.7 Å². The number of hydrogen-bond acceptors (Lipinski definition) is 3. The second-order valence-electron chi connectivity index (χ2n) is 4.71. The molecule has 3 nitrogen and oxygen atoms in total. The van der Waals surface area contributed by atoms with E-state index in [1.165, 1.54) is 12.1 Å².